The van der Waals surface area contributed by atoms with Crippen molar-refractivity contribution in [3.63, 3.8) is 0 Å². The number of azo groups is 1. The highest BCUT2D eigenvalue weighted by Gasteiger charge is 2.27. The average Bonchev–Trinajstić information content (AvgIpc) is 3.52. The molecule has 450 valence electrons. The van der Waals surface area contributed by atoms with E-state index in [2.05, 4.69) is 53.8 Å². The summed E-state index contributed by atoms with van der Waals surface area (Å²) in [4.78, 5) is 35.8. The van der Waals surface area contributed by atoms with Gasteiger partial charge in [0.25, 0.3) is 11.8 Å². The fourth-order valence-corrected chi connectivity index (χ4v) is 10.3. The third kappa shape index (κ3) is 25.8. The lowest BCUT2D eigenvalue weighted by atomic mass is 10.0. The number of nitrogens with zero attached hydrogens (tertiary/aromatic N) is 2. The number of hydrogen-bond acceptors (Lipinski definition) is 10. The maximum Gasteiger partial charge on any atom is 0.328 e. The van der Waals surface area contributed by atoms with Crippen molar-refractivity contribution in [2.75, 3.05) is 19.8 Å². The number of fused-ring (bicyclic) bond motifs is 1. The summed E-state index contributed by atoms with van der Waals surface area (Å²) in [5.41, 5.74) is 3.89. The molecule has 0 saturated carbocycles. The van der Waals surface area contributed by atoms with Gasteiger partial charge in [-0.25, -0.2) is 4.79 Å². The summed E-state index contributed by atoms with van der Waals surface area (Å²) in [6, 6.07) is 30.1. The molecule has 0 radical (unpaired) electrons. The van der Waals surface area contributed by atoms with E-state index < -0.39 is 17.8 Å². The average molecular weight is 1140 g/mol. The Balaban J connectivity index is 1.03. The Hall–Kier alpha value is -6.69. The predicted molar refractivity (Wildman–Crippen MR) is 338 cm³/mol. The number of carbonyl (C=O) groups excluding carboxylic acids is 3. The third-order valence-electron chi connectivity index (χ3n) is 15.3. The Morgan fingerprint density at radius 3 is 1.24 bits per heavy atom. The molecule has 0 unspecified atom stereocenters. The fourth-order valence-electron chi connectivity index (χ4n) is 10.3. The highest BCUT2D eigenvalue weighted by Crippen LogP contribution is 2.40. The lowest BCUT2D eigenvalue weighted by molar-refractivity contribution is -0.123. The van der Waals surface area contributed by atoms with Crippen molar-refractivity contribution in [2.24, 2.45) is 10.2 Å². The van der Waals surface area contributed by atoms with Crippen LogP contribution in [0.25, 0.3) is 16.8 Å². The van der Waals surface area contributed by atoms with Crippen LogP contribution in [0, 0.1) is 0 Å². The van der Waals surface area contributed by atoms with Crippen molar-refractivity contribution >= 4 is 46.1 Å². The Morgan fingerprint density at radius 2 is 0.759 bits per heavy atom. The topological polar surface area (TPSA) is 146 Å². The zero-order chi connectivity index (χ0) is 58.4. The van der Waals surface area contributed by atoms with Crippen molar-refractivity contribution < 1.29 is 38.1 Å². The molecule has 1 aliphatic rings. The van der Waals surface area contributed by atoms with Gasteiger partial charge in [0, 0.05) is 0 Å². The lowest BCUT2D eigenvalue weighted by Gasteiger charge is -2.19. The first-order valence-electron chi connectivity index (χ1n) is 32.2. The zero-order valence-electron chi connectivity index (χ0n) is 50.7. The van der Waals surface area contributed by atoms with Gasteiger partial charge in [-0.15, -0.1) is 0 Å². The molecule has 1 saturated heterocycles. The van der Waals surface area contributed by atoms with Gasteiger partial charge in [0.1, 0.15) is 30.3 Å². The monoisotopic (exact) mass is 1130 g/mol. The predicted octanol–water partition coefficient (Wildman–Crippen LogP) is 20.1. The minimum absolute atomic E-state index is 0.131. The molecule has 6 rings (SSSR count). The first kappa shape index (κ1) is 65.5. The SMILES string of the molecule is CCCCCCCCCCCCOc1cc(COc2ccc(N=Nc3ccc(COc4ccc5cc(C=C6C(=O)NC(=O)NC6=O)ccc5c4)cc3)cc2)cc(OCCCCCCCCCCCC)c1OCCCCCCCCCCCC. The molecule has 1 fully saturated rings. The molecule has 5 aromatic rings. The van der Waals surface area contributed by atoms with Gasteiger partial charge in [0.15, 0.2) is 11.5 Å². The van der Waals surface area contributed by atoms with E-state index in [1.54, 1.807) is 6.07 Å². The number of barbiturate groups is 1. The number of urea groups is 1. The molecule has 12 heteroatoms. The van der Waals surface area contributed by atoms with Crippen molar-refractivity contribution in [1.29, 1.82) is 0 Å². The van der Waals surface area contributed by atoms with E-state index >= 15 is 0 Å². The Morgan fingerprint density at radius 1 is 0.373 bits per heavy atom. The number of ether oxygens (including phenoxy) is 5. The summed E-state index contributed by atoms with van der Waals surface area (Å²) < 4.78 is 32.5. The van der Waals surface area contributed by atoms with Gasteiger partial charge in [-0.3, -0.25) is 20.2 Å². The molecule has 5 aromatic carbocycles. The molecule has 12 nitrogen and oxygen atoms in total. The van der Waals surface area contributed by atoms with Gasteiger partial charge >= 0.3 is 6.03 Å². The number of imide groups is 2. The maximum absolute atomic E-state index is 12.2. The van der Waals surface area contributed by atoms with E-state index in [9.17, 15) is 14.4 Å². The van der Waals surface area contributed by atoms with Crippen LogP contribution in [0.5, 0.6) is 28.7 Å². The first-order chi connectivity index (χ1) is 40.8. The molecule has 1 aliphatic heterocycles. The van der Waals surface area contributed by atoms with Crippen LogP contribution >= 0.6 is 0 Å². The molecule has 0 spiro atoms. The van der Waals surface area contributed by atoms with Crippen LogP contribution in [0.4, 0.5) is 16.2 Å². The number of unbranched alkanes of at least 4 members (excludes halogenated alkanes) is 27. The van der Waals surface area contributed by atoms with E-state index in [1.165, 1.54) is 160 Å². The number of rotatable bonds is 45. The normalized spacial score (nSPS) is 12.5. The summed E-state index contributed by atoms with van der Waals surface area (Å²) in [5, 5.41) is 15.0. The van der Waals surface area contributed by atoms with E-state index in [0.717, 1.165) is 83.4 Å². The highest BCUT2D eigenvalue weighted by atomic mass is 16.5. The van der Waals surface area contributed by atoms with Gasteiger partial charge < -0.3 is 23.7 Å². The van der Waals surface area contributed by atoms with Crippen LogP contribution in [-0.4, -0.2) is 37.7 Å². The molecular formula is C71H98N4O8. The highest BCUT2D eigenvalue weighted by molar-refractivity contribution is 6.31. The smallest absolute Gasteiger partial charge is 0.328 e. The van der Waals surface area contributed by atoms with Crippen LogP contribution in [0.15, 0.2) is 113 Å². The minimum Gasteiger partial charge on any atom is -0.490 e. The molecular weight excluding hydrogens is 1040 g/mol. The van der Waals surface area contributed by atoms with Crippen molar-refractivity contribution in [3.8, 4) is 28.7 Å². The quantitative estimate of drug-likeness (QED) is 0.0170. The molecule has 0 atom stereocenters. The Bertz CT molecular complexity index is 2650. The number of carbonyl (C=O) groups is 3. The number of amides is 4. The summed E-state index contributed by atoms with van der Waals surface area (Å²) in [6.07, 6.45) is 39.8. The zero-order valence-corrected chi connectivity index (χ0v) is 50.7. The summed E-state index contributed by atoms with van der Waals surface area (Å²) in [7, 11) is 0. The van der Waals surface area contributed by atoms with Gasteiger partial charge in [0.2, 0.25) is 5.75 Å². The van der Waals surface area contributed by atoms with Crippen LogP contribution < -0.4 is 34.3 Å². The van der Waals surface area contributed by atoms with Gasteiger partial charge in [0.05, 0.1) is 31.2 Å². The Labute approximate surface area is 497 Å². The maximum atomic E-state index is 12.2. The molecule has 2 N–H and O–H groups in total. The second-order valence-corrected chi connectivity index (χ2v) is 22.5. The summed E-state index contributed by atoms with van der Waals surface area (Å²) in [6.45, 7) is 9.45. The minimum atomic E-state index is -0.827. The first-order valence-corrected chi connectivity index (χ1v) is 32.2. The van der Waals surface area contributed by atoms with Crippen molar-refractivity contribution in [1.82, 2.24) is 10.6 Å². The summed E-state index contributed by atoms with van der Waals surface area (Å²) >= 11 is 0. The van der Waals surface area contributed by atoms with Crippen LogP contribution in [0.3, 0.4) is 0 Å². The van der Waals surface area contributed by atoms with Crippen molar-refractivity contribution in [3.05, 3.63) is 119 Å². The van der Waals surface area contributed by atoms with Gasteiger partial charge in [-0.2, -0.15) is 10.2 Å². The van der Waals surface area contributed by atoms with Crippen LogP contribution in [-0.2, 0) is 22.8 Å². The molecule has 83 heavy (non-hydrogen) atoms. The molecule has 1 heterocycles. The van der Waals surface area contributed by atoms with E-state index in [-0.39, 0.29) is 5.57 Å². The van der Waals surface area contributed by atoms with E-state index in [4.69, 9.17) is 23.7 Å². The van der Waals surface area contributed by atoms with Crippen LogP contribution in [0.2, 0.25) is 0 Å². The molecule has 0 aliphatic carbocycles. The van der Waals surface area contributed by atoms with Gasteiger partial charge in [-0.05, 0) is 120 Å². The van der Waals surface area contributed by atoms with E-state index in [0.29, 0.717) is 55.7 Å². The second kappa shape index (κ2) is 39.7. The van der Waals surface area contributed by atoms with E-state index in [1.807, 2.05) is 78.9 Å². The molecule has 0 bridgehead atoms. The summed E-state index contributed by atoms with van der Waals surface area (Å²) in [5.74, 6) is 2.18. The standard InChI is InChI=1S/C71H98N4O8/c1-4-7-10-13-16-19-22-25-28-31-46-79-66-51-58(52-67(80-47-32-29-26-23-20-17-14-11-8-5-2)68(66)81-48-33-30-27-24-21-18-15-12-9-6-3)55-82-63-44-41-62(42-45-63)75-74-61-39-35-56(36-40-61)54-83-64-43-38-59-49-57(34-37-60(59)53-64)50-65-69(76)72-71(78)73-70(65)77/h34-45,49-53H,4-33,46-48,54-55H2,1-3H3,(H2,72,73,76,77,78). The largest absolute Gasteiger partial charge is 0.490 e. The second-order valence-electron chi connectivity index (χ2n) is 22.5. The van der Waals surface area contributed by atoms with Crippen molar-refractivity contribution in [2.45, 2.75) is 227 Å². The number of benzene rings is 5. The lowest BCUT2D eigenvalue weighted by Crippen LogP contribution is -2.51. The molecule has 4 amide bonds. The third-order valence-corrected chi connectivity index (χ3v) is 15.3. The van der Waals surface area contributed by atoms with Gasteiger partial charge in [-0.1, -0.05) is 224 Å². The van der Waals surface area contributed by atoms with Crippen LogP contribution in [0.1, 0.15) is 230 Å². The fraction of sp³-hybridized carbons (Fsp3) is 0.535. The Kier molecular flexibility index (Phi) is 31.3. The number of hydrogen-bond donors (Lipinski definition) is 2. The number of nitrogens with one attached hydrogen (secondary N) is 2. The molecule has 0 aromatic heterocycles.